The van der Waals surface area contributed by atoms with Gasteiger partial charge in [0.15, 0.2) is 0 Å². The summed E-state index contributed by atoms with van der Waals surface area (Å²) in [6.45, 7) is 2.01. The number of phenolic OH excluding ortho intramolecular Hbond substituents is 1. The fourth-order valence-electron chi connectivity index (χ4n) is 1.51. The molecule has 2 aromatic carbocycles. The van der Waals surface area contributed by atoms with Gasteiger partial charge in [0.1, 0.15) is 5.75 Å². The van der Waals surface area contributed by atoms with E-state index >= 15 is 0 Å². The monoisotopic (exact) mass is 260 g/mol. The average Bonchev–Trinajstić information content (AvgIpc) is 2.31. The topological polar surface area (TPSA) is 57.5 Å². The number of hydrogen-bond acceptors (Lipinski definition) is 3. The summed E-state index contributed by atoms with van der Waals surface area (Å²) in [6.07, 6.45) is 0. The highest BCUT2D eigenvalue weighted by atomic mass is 32.2. The quantitative estimate of drug-likeness (QED) is 0.886. The number of aromatic carboxylic acids is 1. The maximum atomic E-state index is 10.9. The van der Waals surface area contributed by atoms with Crippen LogP contribution in [0.5, 0.6) is 5.75 Å². The van der Waals surface area contributed by atoms with Crippen LogP contribution in [0.2, 0.25) is 0 Å². The minimum Gasteiger partial charge on any atom is -0.508 e. The minimum absolute atomic E-state index is 0.0375. The molecule has 0 aliphatic carbocycles. The molecule has 0 aromatic heterocycles. The lowest BCUT2D eigenvalue weighted by Crippen LogP contribution is -1.95. The lowest BCUT2D eigenvalue weighted by Gasteiger charge is -2.04. The molecule has 0 fully saturated rings. The van der Waals surface area contributed by atoms with E-state index < -0.39 is 5.97 Å². The Bertz CT molecular complexity index is 576. The molecule has 0 unspecified atom stereocenters. The van der Waals surface area contributed by atoms with Crippen molar-refractivity contribution in [1.82, 2.24) is 0 Å². The fourth-order valence-corrected chi connectivity index (χ4v) is 2.42. The second kappa shape index (κ2) is 5.14. The van der Waals surface area contributed by atoms with Gasteiger partial charge in [-0.1, -0.05) is 29.5 Å². The van der Waals surface area contributed by atoms with Crippen LogP contribution < -0.4 is 0 Å². The number of rotatable bonds is 3. The molecule has 0 heterocycles. The summed E-state index contributed by atoms with van der Waals surface area (Å²) in [5.74, 6) is -1.08. The third kappa shape index (κ3) is 3.05. The van der Waals surface area contributed by atoms with Gasteiger partial charge in [0.25, 0.3) is 0 Å². The van der Waals surface area contributed by atoms with Gasteiger partial charge in [-0.2, -0.15) is 0 Å². The lowest BCUT2D eigenvalue weighted by atomic mass is 10.2. The maximum Gasteiger partial charge on any atom is 0.335 e. The standard InChI is InChI=1S/C14H12O3S/c1-9-2-4-12(5-3-9)18-13-7-10(14(16)17)6-11(15)8-13/h2-8,15H,1H3,(H,16,17). The Morgan fingerprint density at radius 3 is 2.33 bits per heavy atom. The van der Waals surface area contributed by atoms with Crippen LogP contribution in [-0.4, -0.2) is 16.2 Å². The van der Waals surface area contributed by atoms with Crippen molar-refractivity contribution < 1.29 is 15.0 Å². The summed E-state index contributed by atoms with van der Waals surface area (Å²) in [7, 11) is 0. The van der Waals surface area contributed by atoms with Crippen molar-refractivity contribution in [3.05, 3.63) is 53.6 Å². The van der Waals surface area contributed by atoms with Crippen molar-refractivity contribution in [2.75, 3.05) is 0 Å². The van der Waals surface area contributed by atoms with Crippen LogP contribution >= 0.6 is 11.8 Å². The Hall–Kier alpha value is -1.94. The molecule has 0 amide bonds. The van der Waals surface area contributed by atoms with E-state index in [9.17, 15) is 9.90 Å². The van der Waals surface area contributed by atoms with Gasteiger partial charge in [-0.3, -0.25) is 0 Å². The van der Waals surface area contributed by atoms with Gasteiger partial charge in [-0.15, -0.1) is 0 Å². The summed E-state index contributed by atoms with van der Waals surface area (Å²) in [5.41, 5.74) is 1.26. The highest BCUT2D eigenvalue weighted by Crippen LogP contribution is 2.31. The molecular formula is C14H12O3S. The first-order valence-electron chi connectivity index (χ1n) is 5.36. The zero-order chi connectivity index (χ0) is 13.1. The van der Waals surface area contributed by atoms with E-state index in [1.54, 1.807) is 12.1 Å². The molecule has 3 nitrogen and oxygen atoms in total. The molecule has 2 N–H and O–H groups in total. The Labute approximate surface area is 109 Å². The Morgan fingerprint density at radius 2 is 1.72 bits per heavy atom. The second-order valence-corrected chi connectivity index (χ2v) is 5.08. The number of phenols is 1. The SMILES string of the molecule is Cc1ccc(Sc2cc(O)cc(C(=O)O)c2)cc1. The van der Waals surface area contributed by atoms with Gasteiger partial charge in [-0.25, -0.2) is 4.79 Å². The van der Waals surface area contributed by atoms with E-state index in [2.05, 4.69) is 0 Å². The molecule has 0 saturated heterocycles. The van der Waals surface area contributed by atoms with Crippen molar-refractivity contribution in [2.45, 2.75) is 16.7 Å². The molecule has 0 radical (unpaired) electrons. The third-order valence-electron chi connectivity index (χ3n) is 2.39. The predicted octanol–water partition coefficient (Wildman–Crippen LogP) is 3.55. The first kappa shape index (κ1) is 12.5. The molecule has 0 bridgehead atoms. The number of benzene rings is 2. The molecule has 2 aromatic rings. The number of carboxylic acid groups (broad SMARTS) is 1. The normalized spacial score (nSPS) is 10.3. The van der Waals surface area contributed by atoms with Crippen molar-refractivity contribution in [3.8, 4) is 5.75 Å². The molecule has 0 atom stereocenters. The maximum absolute atomic E-state index is 10.9. The second-order valence-electron chi connectivity index (χ2n) is 3.94. The molecule has 0 spiro atoms. The van der Waals surface area contributed by atoms with Crippen LogP contribution in [0, 0.1) is 6.92 Å². The largest absolute Gasteiger partial charge is 0.508 e. The summed E-state index contributed by atoms with van der Waals surface area (Å²) in [5, 5.41) is 18.4. The van der Waals surface area contributed by atoms with E-state index in [1.807, 2.05) is 31.2 Å². The molecule has 0 aliphatic heterocycles. The zero-order valence-corrected chi connectivity index (χ0v) is 10.6. The van der Waals surface area contributed by atoms with Crippen LogP contribution in [-0.2, 0) is 0 Å². The Morgan fingerprint density at radius 1 is 1.06 bits per heavy atom. The van der Waals surface area contributed by atoms with Crippen molar-refractivity contribution in [1.29, 1.82) is 0 Å². The average molecular weight is 260 g/mol. The summed E-state index contributed by atoms with van der Waals surface area (Å²) in [6, 6.07) is 12.2. The van der Waals surface area contributed by atoms with Crippen molar-refractivity contribution >= 4 is 17.7 Å². The molecule has 0 aliphatic rings. The summed E-state index contributed by atoms with van der Waals surface area (Å²) >= 11 is 1.42. The number of hydrogen-bond donors (Lipinski definition) is 2. The van der Waals surface area contributed by atoms with E-state index in [0.717, 1.165) is 4.90 Å². The molecule has 0 saturated carbocycles. The summed E-state index contributed by atoms with van der Waals surface area (Å²) < 4.78 is 0. The molecule has 2 rings (SSSR count). The van der Waals surface area contributed by atoms with Crippen LogP contribution in [0.15, 0.2) is 52.3 Å². The summed E-state index contributed by atoms with van der Waals surface area (Å²) in [4.78, 5) is 12.6. The van der Waals surface area contributed by atoms with Gasteiger partial charge in [0.2, 0.25) is 0 Å². The number of aryl methyl sites for hydroxylation is 1. The van der Waals surface area contributed by atoms with Gasteiger partial charge in [0, 0.05) is 9.79 Å². The van der Waals surface area contributed by atoms with Crippen LogP contribution in [0.3, 0.4) is 0 Å². The Balaban J connectivity index is 2.28. The van der Waals surface area contributed by atoms with Gasteiger partial charge >= 0.3 is 5.97 Å². The number of aromatic hydroxyl groups is 1. The van der Waals surface area contributed by atoms with E-state index in [0.29, 0.717) is 4.90 Å². The van der Waals surface area contributed by atoms with Gasteiger partial charge in [-0.05, 0) is 37.3 Å². The molecule has 92 valence electrons. The van der Waals surface area contributed by atoms with Gasteiger partial charge in [0.05, 0.1) is 5.56 Å². The smallest absolute Gasteiger partial charge is 0.335 e. The van der Waals surface area contributed by atoms with E-state index in [-0.39, 0.29) is 11.3 Å². The Kier molecular flexibility index (Phi) is 3.58. The zero-order valence-electron chi connectivity index (χ0n) is 9.75. The minimum atomic E-state index is -1.04. The highest BCUT2D eigenvalue weighted by molar-refractivity contribution is 7.99. The van der Waals surface area contributed by atoms with Crippen molar-refractivity contribution in [2.24, 2.45) is 0 Å². The third-order valence-corrected chi connectivity index (χ3v) is 3.37. The first-order valence-corrected chi connectivity index (χ1v) is 6.18. The molecule has 4 heteroatoms. The highest BCUT2D eigenvalue weighted by Gasteiger charge is 2.07. The van der Waals surface area contributed by atoms with Crippen molar-refractivity contribution in [3.63, 3.8) is 0 Å². The van der Waals surface area contributed by atoms with E-state index in [4.69, 9.17) is 5.11 Å². The first-order chi connectivity index (χ1) is 8.54. The fraction of sp³-hybridized carbons (Fsp3) is 0.0714. The molecular weight excluding hydrogens is 248 g/mol. The van der Waals surface area contributed by atoms with Crippen LogP contribution in [0.25, 0.3) is 0 Å². The molecule has 18 heavy (non-hydrogen) atoms. The number of carboxylic acids is 1. The van der Waals surface area contributed by atoms with Gasteiger partial charge < -0.3 is 10.2 Å². The lowest BCUT2D eigenvalue weighted by molar-refractivity contribution is 0.0696. The van der Waals surface area contributed by atoms with Crippen LogP contribution in [0.1, 0.15) is 15.9 Å². The number of carbonyl (C=O) groups is 1. The van der Waals surface area contributed by atoms with E-state index in [1.165, 1.54) is 23.4 Å². The van der Waals surface area contributed by atoms with Crippen LogP contribution in [0.4, 0.5) is 0 Å². The predicted molar refractivity (Wildman–Crippen MR) is 70.4 cm³/mol.